The van der Waals surface area contributed by atoms with Gasteiger partial charge in [0.25, 0.3) is 0 Å². The number of nitrogens with zero attached hydrogens (tertiary/aromatic N) is 7. The smallest absolute Gasteiger partial charge is 0.229 e. The highest BCUT2D eigenvalue weighted by atomic mass is 16.3. The normalized spacial score (nSPS) is 13.7. The molecular formula is C52H39N7O. The predicted molar refractivity (Wildman–Crippen MR) is 248 cm³/mol. The van der Waals surface area contributed by atoms with Gasteiger partial charge in [0.1, 0.15) is 5.52 Å². The minimum atomic E-state index is 0.544. The van der Waals surface area contributed by atoms with E-state index in [1.165, 1.54) is 0 Å². The van der Waals surface area contributed by atoms with Crippen molar-refractivity contribution >= 4 is 96.4 Å². The average Bonchev–Trinajstić information content (AvgIpc) is 3.74. The Morgan fingerprint density at radius 2 is 0.650 bits per heavy atom. The van der Waals surface area contributed by atoms with Crippen molar-refractivity contribution < 1.29 is 4.42 Å². The van der Waals surface area contributed by atoms with Gasteiger partial charge in [0.05, 0.1) is 90.9 Å². The predicted octanol–water partition coefficient (Wildman–Crippen LogP) is 14.1. The van der Waals surface area contributed by atoms with E-state index in [4.69, 9.17) is 9.40 Å². The Labute approximate surface area is 348 Å². The van der Waals surface area contributed by atoms with Crippen LogP contribution in [0.3, 0.4) is 0 Å². The van der Waals surface area contributed by atoms with Crippen LogP contribution < -0.4 is 29.4 Å². The van der Waals surface area contributed by atoms with Crippen LogP contribution in [0.2, 0.25) is 0 Å². The number of fused-ring (bicyclic) bond motifs is 7. The number of aromatic nitrogens is 1. The van der Waals surface area contributed by atoms with Gasteiger partial charge >= 0.3 is 0 Å². The second-order valence-electron chi connectivity index (χ2n) is 15.4. The fourth-order valence-corrected chi connectivity index (χ4v) is 9.50. The highest BCUT2D eigenvalue weighted by Gasteiger charge is 2.40. The van der Waals surface area contributed by atoms with E-state index in [2.05, 4.69) is 208 Å². The number of oxazole rings is 1. The standard InChI is InChI=1S/C52H39N7O/c1-54-36-19-5-11-25-42(36)57(43-26-12-6-20-37(43)54)48-33-32-34(52-53-35-18-4-17-31-49(35)60-52)50(58-44-27-13-7-21-38(44)55(2)39-22-8-14-28-45(39)58)51(48)59-46-29-15-9-23-40(46)56(3)41-24-10-16-30-47(41)59/h4-33H,1-3H3. The first kappa shape index (κ1) is 34.1. The molecule has 288 valence electrons. The molecule has 9 aromatic rings. The zero-order valence-electron chi connectivity index (χ0n) is 33.4. The summed E-state index contributed by atoms with van der Waals surface area (Å²) in [5.74, 6) is 0.544. The average molecular weight is 778 g/mol. The maximum absolute atomic E-state index is 6.80. The molecule has 0 aliphatic carbocycles. The lowest BCUT2D eigenvalue weighted by molar-refractivity contribution is 0.620. The van der Waals surface area contributed by atoms with E-state index in [-0.39, 0.29) is 0 Å². The van der Waals surface area contributed by atoms with Gasteiger partial charge in [0.15, 0.2) is 5.58 Å². The quantitative estimate of drug-likeness (QED) is 0.175. The molecule has 8 aromatic carbocycles. The van der Waals surface area contributed by atoms with Crippen LogP contribution in [0.25, 0.3) is 22.6 Å². The van der Waals surface area contributed by atoms with Gasteiger partial charge in [-0.1, -0.05) is 84.9 Å². The molecule has 60 heavy (non-hydrogen) atoms. The van der Waals surface area contributed by atoms with Crippen LogP contribution >= 0.6 is 0 Å². The fraction of sp³-hybridized carbons (Fsp3) is 0.0577. The van der Waals surface area contributed by atoms with Crippen molar-refractivity contribution in [3.05, 3.63) is 182 Å². The van der Waals surface area contributed by atoms with Crippen molar-refractivity contribution in [3.8, 4) is 11.5 Å². The maximum atomic E-state index is 6.80. The number of rotatable bonds is 4. The van der Waals surface area contributed by atoms with Crippen LogP contribution in [-0.4, -0.2) is 26.1 Å². The molecule has 0 N–H and O–H groups in total. The zero-order chi connectivity index (χ0) is 40.1. The monoisotopic (exact) mass is 777 g/mol. The summed E-state index contributed by atoms with van der Waals surface area (Å²) in [6, 6.07) is 64.6. The first-order valence-electron chi connectivity index (χ1n) is 20.3. The van der Waals surface area contributed by atoms with Crippen LogP contribution in [0.4, 0.5) is 85.3 Å². The molecule has 8 nitrogen and oxygen atoms in total. The van der Waals surface area contributed by atoms with Crippen molar-refractivity contribution in [1.29, 1.82) is 0 Å². The van der Waals surface area contributed by atoms with Crippen LogP contribution in [-0.2, 0) is 0 Å². The van der Waals surface area contributed by atoms with E-state index in [9.17, 15) is 0 Å². The molecule has 0 fully saturated rings. The van der Waals surface area contributed by atoms with E-state index in [1.54, 1.807) is 0 Å². The van der Waals surface area contributed by atoms with Gasteiger partial charge in [-0.05, 0) is 97.1 Å². The summed E-state index contributed by atoms with van der Waals surface area (Å²) in [6.45, 7) is 0. The minimum Gasteiger partial charge on any atom is -0.436 e. The van der Waals surface area contributed by atoms with Crippen LogP contribution in [0.1, 0.15) is 0 Å². The largest absolute Gasteiger partial charge is 0.436 e. The summed E-state index contributed by atoms with van der Waals surface area (Å²) in [4.78, 5) is 19.4. The lowest BCUT2D eigenvalue weighted by Crippen LogP contribution is -2.30. The molecule has 3 aliphatic heterocycles. The number of benzene rings is 8. The van der Waals surface area contributed by atoms with Crippen LogP contribution in [0.5, 0.6) is 0 Å². The van der Waals surface area contributed by atoms with Gasteiger partial charge in [0, 0.05) is 21.1 Å². The molecule has 0 saturated heterocycles. The Hall–Kier alpha value is -7.97. The van der Waals surface area contributed by atoms with Crippen molar-refractivity contribution in [2.45, 2.75) is 0 Å². The first-order valence-corrected chi connectivity index (χ1v) is 20.3. The van der Waals surface area contributed by atoms with Gasteiger partial charge in [0.2, 0.25) is 5.89 Å². The summed E-state index contributed by atoms with van der Waals surface area (Å²) < 4.78 is 6.80. The van der Waals surface area contributed by atoms with Crippen molar-refractivity contribution in [3.63, 3.8) is 0 Å². The Bertz CT molecular complexity index is 3000. The van der Waals surface area contributed by atoms with E-state index in [0.717, 1.165) is 102 Å². The van der Waals surface area contributed by atoms with Gasteiger partial charge in [-0.3, -0.25) is 0 Å². The maximum Gasteiger partial charge on any atom is 0.229 e. The topological polar surface area (TPSA) is 45.5 Å². The van der Waals surface area contributed by atoms with Crippen molar-refractivity contribution in [2.75, 3.05) is 50.5 Å². The van der Waals surface area contributed by atoms with Crippen LogP contribution in [0.15, 0.2) is 186 Å². The van der Waals surface area contributed by atoms with E-state index in [1.807, 2.05) is 24.3 Å². The van der Waals surface area contributed by atoms with Crippen LogP contribution in [0, 0.1) is 0 Å². The zero-order valence-corrected chi connectivity index (χ0v) is 33.4. The molecule has 12 rings (SSSR count). The molecule has 0 unspecified atom stereocenters. The number of anilines is 15. The van der Waals surface area contributed by atoms with E-state index >= 15 is 0 Å². The second kappa shape index (κ2) is 13.0. The molecule has 0 radical (unpaired) electrons. The third kappa shape index (κ3) is 4.82. The lowest BCUT2D eigenvalue weighted by atomic mass is 9.97. The molecule has 0 bridgehead atoms. The molecule has 0 amide bonds. The van der Waals surface area contributed by atoms with Gasteiger partial charge in [-0.2, -0.15) is 0 Å². The van der Waals surface area contributed by atoms with Gasteiger partial charge in [-0.25, -0.2) is 4.98 Å². The Kier molecular flexibility index (Phi) is 7.40. The lowest BCUT2D eigenvalue weighted by Gasteiger charge is -2.46. The summed E-state index contributed by atoms with van der Waals surface area (Å²) in [7, 11) is 6.47. The molecule has 8 heteroatoms. The first-order chi connectivity index (χ1) is 29.6. The summed E-state index contributed by atoms with van der Waals surface area (Å²) >= 11 is 0. The minimum absolute atomic E-state index is 0.544. The van der Waals surface area contributed by atoms with E-state index in [0.29, 0.717) is 5.89 Å². The molecule has 3 aliphatic rings. The van der Waals surface area contributed by atoms with Gasteiger partial charge in [-0.15, -0.1) is 0 Å². The number of hydrogen-bond acceptors (Lipinski definition) is 8. The highest BCUT2D eigenvalue weighted by Crippen LogP contribution is 2.63. The summed E-state index contributed by atoms with van der Waals surface area (Å²) in [5, 5.41) is 0. The Morgan fingerprint density at radius 1 is 0.317 bits per heavy atom. The fourth-order valence-electron chi connectivity index (χ4n) is 9.50. The number of hydrogen-bond donors (Lipinski definition) is 0. The van der Waals surface area contributed by atoms with Crippen molar-refractivity contribution in [2.24, 2.45) is 0 Å². The molecule has 0 atom stereocenters. The number of para-hydroxylation sites is 14. The molecule has 0 saturated carbocycles. The third-order valence-electron chi connectivity index (χ3n) is 12.2. The Morgan fingerprint density at radius 3 is 1.05 bits per heavy atom. The highest BCUT2D eigenvalue weighted by molar-refractivity contribution is 6.13. The summed E-state index contributed by atoms with van der Waals surface area (Å²) in [5.41, 5.74) is 18.3. The van der Waals surface area contributed by atoms with E-state index < -0.39 is 0 Å². The SMILES string of the molecule is CN1c2ccccc2N(c2ccc(-c3nc4ccccc4o3)c(N3c4ccccc4N(C)c4ccccc43)c2N2c3ccccc3N(C)c3ccccc32)c2ccccc21. The third-order valence-corrected chi connectivity index (χ3v) is 12.2. The Balaban J connectivity index is 1.29. The molecule has 1 aromatic heterocycles. The molecule has 4 heterocycles. The molecular weight excluding hydrogens is 739 g/mol. The summed E-state index contributed by atoms with van der Waals surface area (Å²) in [6.07, 6.45) is 0. The molecule has 0 spiro atoms. The van der Waals surface area contributed by atoms with Gasteiger partial charge < -0.3 is 33.8 Å². The van der Waals surface area contributed by atoms with Crippen molar-refractivity contribution in [1.82, 2.24) is 4.98 Å². The second-order valence-corrected chi connectivity index (χ2v) is 15.4.